The van der Waals surface area contributed by atoms with Gasteiger partial charge in [-0.3, -0.25) is 5.32 Å². The maximum atomic E-state index is 11.1. The predicted octanol–water partition coefficient (Wildman–Crippen LogP) is 4.98. The zero-order valence-electron chi connectivity index (χ0n) is 21.2. The summed E-state index contributed by atoms with van der Waals surface area (Å²) in [7, 11) is 0. The van der Waals surface area contributed by atoms with E-state index in [1.165, 1.54) is 29.6 Å². The van der Waals surface area contributed by atoms with Crippen LogP contribution < -0.4 is 5.32 Å². The highest BCUT2D eigenvalue weighted by Gasteiger charge is 2.30. The third-order valence-corrected chi connectivity index (χ3v) is 7.64. The Morgan fingerprint density at radius 3 is 2.66 bits per heavy atom. The minimum absolute atomic E-state index is 0.0407. The number of likely N-dealkylation sites (tertiary alicyclic amines) is 1. The summed E-state index contributed by atoms with van der Waals surface area (Å²) in [6.45, 7) is 8.93. The van der Waals surface area contributed by atoms with Crippen molar-refractivity contribution in [3.63, 3.8) is 0 Å². The fourth-order valence-electron chi connectivity index (χ4n) is 5.67. The predicted molar refractivity (Wildman–Crippen MR) is 141 cm³/mol. The number of aliphatic hydroxyl groups is 1. The maximum Gasteiger partial charge on any atom is 0.131 e. The second-order valence-electron chi connectivity index (χ2n) is 10.6. The molecule has 5 unspecified atom stereocenters. The standard InChI is InChI=1S/C30H40N2O3/c1-21-5-7-24(8-6-21)25-9-11-26(12-10-25)30(33)31-27(20-32-13-3-4-14-32)18-23-17-22(2)29-28(19-23)34-15-16-35-29/h5,7-12,17,19,21-22,27,29-31,33H,3-4,6,13-16,18,20H2,1-2H3. The first-order chi connectivity index (χ1) is 17.0. The third kappa shape index (κ3) is 6.15. The largest absolute Gasteiger partial charge is 0.493 e. The van der Waals surface area contributed by atoms with E-state index < -0.39 is 6.23 Å². The number of hydrogen-bond donors (Lipinski definition) is 2. The van der Waals surface area contributed by atoms with Crippen molar-refractivity contribution in [3.8, 4) is 0 Å². The van der Waals surface area contributed by atoms with Crippen molar-refractivity contribution in [3.05, 3.63) is 77.1 Å². The lowest BCUT2D eigenvalue weighted by Crippen LogP contribution is -2.42. The molecule has 5 rings (SSSR count). The van der Waals surface area contributed by atoms with E-state index in [0.717, 1.165) is 43.8 Å². The molecule has 0 radical (unpaired) electrons. The van der Waals surface area contributed by atoms with Crippen molar-refractivity contribution >= 4 is 5.57 Å². The van der Waals surface area contributed by atoms with Crippen LogP contribution in [-0.4, -0.2) is 55.0 Å². The van der Waals surface area contributed by atoms with Crippen LogP contribution in [0.25, 0.3) is 5.57 Å². The Balaban J connectivity index is 1.27. The average molecular weight is 477 g/mol. The summed E-state index contributed by atoms with van der Waals surface area (Å²) < 4.78 is 11.8. The molecule has 5 nitrogen and oxygen atoms in total. The van der Waals surface area contributed by atoms with Crippen LogP contribution in [0.3, 0.4) is 0 Å². The highest BCUT2D eigenvalue weighted by Crippen LogP contribution is 2.31. The minimum Gasteiger partial charge on any atom is -0.493 e. The summed E-state index contributed by atoms with van der Waals surface area (Å²) in [5.74, 6) is 1.86. The van der Waals surface area contributed by atoms with Crippen molar-refractivity contribution in [2.45, 2.75) is 57.9 Å². The topological polar surface area (TPSA) is 54.0 Å². The Morgan fingerprint density at radius 2 is 1.91 bits per heavy atom. The van der Waals surface area contributed by atoms with E-state index in [9.17, 15) is 5.11 Å². The van der Waals surface area contributed by atoms with Gasteiger partial charge in [-0.1, -0.05) is 62.4 Å². The van der Waals surface area contributed by atoms with Crippen LogP contribution >= 0.6 is 0 Å². The van der Waals surface area contributed by atoms with Crippen LogP contribution in [0.1, 0.15) is 56.9 Å². The van der Waals surface area contributed by atoms with Crippen molar-refractivity contribution < 1.29 is 14.6 Å². The number of benzene rings is 1. The van der Waals surface area contributed by atoms with Gasteiger partial charge in [-0.25, -0.2) is 0 Å². The maximum absolute atomic E-state index is 11.1. The summed E-state index contributed by atoms with van der Waals surface area (Å²) in [5.41, 5.74) is 4.64. The molecule has 0 spiro atoms. The molecule has 2 aliphatic carbocycles. The SMILES string of the molecule is CC1C=CC(c2ccc(C(O)NC(CC3=CC(C)C4OCCOC4=C3)CN3CCCC3)cc2)=CC1. The van der Waals surface area contributed by atoms with E-state index in [2.05, 4.69) is 66.6 Å². The monoisotopic (exact) mass is 476 g/mol. The Morgan fingerprint density at radius 1 is 1.11 bits per heavy atom. The molecule has 2 saturated heterocycles. The molecule has 5 heteroatoms. The molecule has 2 heterocycles. The van der Waals surface area contributed by atoms with Crippen LogP contribution in [0.4, 0.5) is 0 Å². The molecule has 2 aliphatic heterocycles. The molecule has 0 bridgehead atoms. The molecule has 1 aromatic carbocycles. The lowest BCUT2D eigenvalue weighted by atomic mass is 9.90. The number of allylic oxidation sites excluding steroid dienone is 5. The number of nitrogens with zero attached hydrogens (tertiary/aromatic N) is 1. The number of hydrogen-bond acceptors (Lipinski definition) is 5. The van der Waals surface area contributed by atoms with Crippen molar-refractivity contribution in [2.24, 2.45) is 11.8 Å². The summed E-state index contributed by atoms with van der Waals surface area (Å²) in [5, 5.41) is 14.7. The fraction of sp³-hybridized carbons (Fsp3) is 0.533. The summed E-state index contributed by atoms with van der Waals surface area (Å²) >= 11 is 0. The van der Waals surface area contributed by atoms with Gasteiger partial charge in [0.2, 0.25) is 0 Å². The van der Waals surface area contributed by atoms with Gasteiger partial charge in [-0.2, -0.15) is 0 Å². The Kier molecular flexibility index (Phi) is 7.88. The number of rotatable bonds is 8. The molecule has 1 aromatic rings. The van der Waals surface area contributed by atoms with Gasteiger partial charge >= 0.3 is 0 Å². The summed E-state index contributed by atoms with van der Waals surface area (Å²) in [4.78, 5) is 2.51. The molecule has 0 saturated carbocycles. The molecule has 35 heavy (non-hydrogen) atoms. The van der Waals surface area contributed by atoms with Gasteiger partial charge < -0.3 is 19.5 Å². The van der Waals surface area contributed by atoms with Gasteiger partial charge in [0.15, 0.2) is 0 Å². The Labute approximate surface area is 210 Å². The number of ether oxygens (including phenoxy) is 2. The van der Waals surface area contributed by atoms with Crippen molar-refractivity contribution in [1.29, 1.82) is 0 Å². The quantitative estimate of drug-likeness (QED) is 0.519. The van der Waals surface area contributed by atoms with E-state index in [4.69, 9.17) is 9.47 Å². The Hall–Kier alpha value is -2.18. The lowest BCUT2D eigenvalue weighted by molar-refractivity contribution is -0.0580. The van der Waals surface area contributed by atoms with Gasteiger partial charge in [0.1, 0.15) is 24.7 Å². The first-order valence-electron chi connectivity index (χ1n) is 13.4. The average Bonchev–Trinajstić information content (AvgIpc) is 3.38. The molecule has 0 aromatic heterocycles. The van der Waals surface area contributed by atoms with E-state index in [1.807, 2.05) is 12.1 Å². The van der Waals surface area contributed by atoms with Crippen LogP contribution in [0.2, 0.25) is 0 Å². The van der Waals surface area contributed by atoms with Crippen LogP contribution in [0, 0.1) is 11.8 Å². The third-order valence-electron chi connectivity index (χ3n) is 7.64. The normalized spacial score (nSPS) is 28.4. The molecule has 5 atom stereocenters. The molecule has 4 aliphatic rings. The van der Waals surface area contributed by atoms with Gasteiger partial charge in [0.25, 0.3) is 0 Å². The molecular weight excluding hydrogens is 436 g/mol. The second-order valence-corrected chi connectivity index (χ2v) is 10.6. The van der Waals surface area contributed by atoms with Crippen molar-refractivity contribution in [2.75, 3.05) is 32.8 Å². The zero-order valence-corrected chi connectivity index (χ0v) is 21.2. The number of fused-ring (bicyclic) bond motifs is 1. The van der Waals surface area contributed by atoms with Gasteiger partial charge in [0.05, 0.1) is 6.61 Å². The highest BCUT2D eigenvalue weighted by atomic mass is 16.6. The summed E-state index contributed by atoms with van der Waals surface area (Å²) in [6.07, 6.45) is 15.1. The van der Waals surface area contributed by atoms with Crippen LogP contribution in [-0.2, 0) is 9.47 Å². The smallest absolute Gasteiger partial charge is 0.131 e. The zero-order chi connectivity index (χ0) is 24.2. The molecule has 188 valence electrons. The first-order valence-corrected chi connectivity index (χ1v) is 13.4. The minimum atomic E-state index is -0.705. The fourth-order valence-corrected chi connectivity index (χ4v) is 5.67. The van der Waals surface area contributed by atoms with E-state index in [1.54, 1.807) is 0 Å². The highest BCUT2D eigenvalue weighted by molar-refractivity contribution is 5.75. The second kappa shape index (κ2) is 11.3. The van der Waals surface area contributed by atoms with E-state index in [0.29, 0.717) is 25.0 Å². The molecule has 2 fully saturated rings. The van der Waals surface area contributed by atoms with E-state index in [-0.39, 0.29) is 12.1 Å². The molecule has 0 amide bonds. The van der Waals surface area contributed by atoms with Crippen LogP contribution in [0.5, 0.6) is 0 Å². The van der Waals surface area contributed by atoms with E-state index >= 15 is 0 Å². The number of nitrogens with one attached hydrogen (secondary N) is 1. The van der Waals surface area contributed by atoms with Gasteiger partial charge in [-0.15, -0.1) is 0 Å². The first kappa shape index (κ1) is 24.5. The lowest BCUT2D eigenvalue weighted by Gasteiger charge is -2.34. The van der Waals surface area contributed by atoms with Crippen LogP contribution in [0.15, 0.2) is 66.0 Å². The van der Waals surface area contributed by atoms with Gasteiger partial charge in [0, 0.05) is 18.5 Å². The molecule has 2 N–H and O–H groups in total. The Bertz CT molecular complexity index is 987. The molecular formula is C30H40N2O3. The van der Waals surface area contributed by atoms with Gasteiger partial charge in [-0.05, 0) is 73.0 Å². The number of aliphatic hydroxyl groups excluding tert-OH is 1. The van der Waals surface area contributed by atoms with Crippen molar-refractivity contribution in [1.82, 2.24) is 10.2 Å². The summed E-state index contributed by atoms with van der Waals surface area (Å²) in [6, 6.07) is 8.49.